The normalized spacial score (nSPS) is 14.2. The number of benzene rings is 1. The van der Waals surface area contributed by atoms with Crippen LogP contribution in [0.2, 0.25) is 0 Å². The lowest BCUT2D eigenvalue weighted by Crippen LogP contribution is -2.36. The Morgan fingerprint density at radius 3 is 2.53 bits per heavy atom. The van der Waals surface area contributed by atoms with Crippen molar-refractivity contribution in [3.05, 3.63) is 23.8 Å². The minimum absolute atomic E-state index is 0.291. The van der Waals surface area contributed by atoms with E-state index < -0.39 is 6.10 Å². The van der Waals surface area contributed by atoms with Crippen molar-refractivity contribution in [3.63, 3.8) is 0 Å². The number of para-hydroxylation sites is 1. The molecule has 3 N–H and O–H groups in total. The monoisotopic (exact) mass is 239 g/mol. The quantitative estimate of drug-likeness (QED) is 0.786. The molecule has 0 amide bonds. The predicted octanol–water partition coefficient (Wildman–Crippen LogP) is 1.34. The lowest BCUT2D eigenvalue weighted by Gasteiger charge is -2.19. The second kappa shape index (κ2) is 6.47. The van der Waals surface area contributed by atoms with Crippen LogP contribution in [0.15, 0.2) is 18.2 Å². The molecule has 0 fully saturated rings. The average Bonchev–Trinajstić information content (AvgIpc) is 2.37. The zero-order chi connectivity index (χ0) is 12.8. The van der Waals surface area contributed by atoms with Crippen LogP contribution in [0.1, 0.15) is 18.9 Å². The van der Waals surface area contributed by atoms with Crippen molar-refractivity contribution in [1.82, 2.24) is 0 Å². The van der Waals surface area contributed by atoms with E-state index in [0.29, 0.717) is 24.3 Å². The smallest absolute Gasteiger partial charge is 0.163 e. The Morgan fingerprint density at radius 2 is 2.00 bits per heavy atom. The van der Waals surface area contributed by atoms with E-state index in [0.717, 1.165) is 5.56 Å². The van der Waals surface area contributed by atoms with E-state index in [4.69, 9.17) is 15.2 Å². The second-order valence-corrected chi connectivity index (χ2v) is 4.00. The van der Waals surface area contributed by atoms with Gasteiger partial charge in [-0.05, 0) is 24.5 Å². The number of ether oxygens (including phenoxy) is 2. The van der Waals surface area contributed by atoms with Crippen LogP contribution in [-0.4, -0.2) is 31.5 Å². The average molecular weight is 239 g/mol. The fourth-order valence-electron chi connectivity index (χ4n) is 1.81. The van der Waals surface area contributed by atoms with Gasteiger partial charge in [0, 0.05) is 6.04 Å². The number of aliphatic hydroxyl groups is 1. The number of hydrogen-bond donors (Lipinski definition) is 2. The molecule has 0 spiro atoms. The van der Waals surface area contributed by atoms with Crippen LogP contribution in [0.5, 0.6) is 11.5 Å². The van der Waals surface area contributed by atoms with Crippen molar-refractivity contribution < 1.29 is 14.6 Å². The van der Waals surface area contributed by atoms with Gasteiger partial charge in [-0.25, -0.2) is 0 Å². The summed E-state index contributed by atoms with van der Waals surface area (Å²) in [7, 11) is 3.20. The van der Waals surface area contributed by atoms with Crippen molar-refractivity contribution in [1.29, 1.82) is 0 Å². The minimum atomic E-state index is -0.495. The Balaban J connectivity index is 2.90. The minimum Gasteiger partial charge on any atom is -0.493 e. The molecule has 1 aromatic rings. The van der Waals surface area contributed by atoms with Crippen LogP contribution < -0.4 is 15.2 Å². The van der Waals surface area contributed by atoms with Crippen molar-refractivity contribution >= 4 is 0 Å². The number of nitrogens with two attached hydrogens (primary N) is 1. The first-order valence-electron chi connectivity index (χ1n) is 5.77. The van der Waals surface area contributed by atoms with Crippen LogP contribution >= 0.6 is 0 Å². The molecule has 4 nitrogen and oxygen atoms in total. The Kier molecular flexibility index (Phi) is 5.25. The van der Waals surface area contributed by atoms with Gasteiger partial charge in [-0.3, -0.25) is 0 Å². The van der Waals surface area contributed by atoms with Gasteiger partial charge >= 0.3 is 0 Å². The molecule has 17 heavy (non-hydrogen) atoms. The van der Waals surface area contributed by atoms with Crippen molar-refractivity contribution in [2.24, 2.45) is 5.73 Å². The largest absolute Gasteiger partial charge is 0.493 e. The van der Waals surface area contributed by atoms with E-state index in [1.165, 1.54) is 0 Å². The van der Waals surface area contributed by atoms with Crippen LogP contribution in [0.4, 0.5) is 0 Å². The molecule has 2 unspecified atom stereocenters. The second-order valence-electron chi connectivity index (χ2n) is 4.00. The van der Waals surface area contributed by atoms with Gasteiger partial charge in [-0.1, -0.05) is 19.1 Å². The third-order valence-electron chi connectivity index (χ3n) is 2.85. The molecule has 0 saturated heterocycles. The zero-order valence-corrected chi connectivity index (χ0v) is 10.6. The summed E-state index contributed by atoms with van der Waals surface area (Å²) in [4.78, 5) is 0. The number of rotatable bonds is 6. The SMILES string of the molecule is CCC(O)C(N)Cc1cccc(OC)c1OC. The molecule has 0 aliphatic carbocycles. The molecule has 1 aromatic carbocycles. The first-order chi connectivity index (χ1) is 8.13. The molecule has 0 bridgehead atoms. The lowest BCUT2D eigenvalue weighted by molar-refractivity contribution is 0.139. The fourth-order valence-corrected chi connectivity index (χ4v) is 1.81. The summed E-state index contributed by atoms with van der Waals surface area (Å²) in [5.41, 5.74) is 6.88. The maximum atomic E-state index is 9.68. The summed E-state index contributed by atoms with van der Waals surface area (Å²) in [6.07, 6.45) is 0.717. The summed E-state index contributed by atoms with van der Waals surface area (Å²) in [5.74, 6) is 1.37. The van der Waals surface area contributed by atoms with E-state index >= 15 is 0 Å². The molecule has 0 radical (unpaired) electrons. The Labute approximate surface area is 102 Å². The highest BCUT2D eigenvalue weighted by molar-refractivity contribution is 5.46. The number of methoxy groups -OCH3 is 2. The van der Waals surface area contributed by atoms with Gasteiger partial charge < -0.3 is 20.3 Å². The molecule has 0 heterocycles. The first kappa shape index (κ1) is 13.8. The number of hydrogen-bond acceptors (Lipinski definition) is 4. The first-order valence-corrected chi connectivity index (χ1v) is 5.77. The van der Waals surface area contributed by atoms with Crippen LogP contribution in [0.25, 0.3) is 0 Å². The third-order valence-corrected chi connectivity index (χ3v) is 2.85. The van der Waals surface area contributed by atoms with Crippen LogP contribution in [0.3, 0.4) is 0 Å². The van der Waals surface area contributed by atoms with Gasteiger partial charge in [0.15, 0.2) is 11.5 Å². The fraction of sp³-hybridized carbons (Fsp3) is 0.538. The molecular weight excluding hydrogens is 218 g/mol. The summed E-state index contributed by atoms with van der Waals surface area (Å²) in [6.45, 7) is 1.91. The molecule has 2 atom stereocenters. The number of aliphatic hydroxyl groups excluding tert-OH is 1. The molecule has 96 valence electrons. The predicted molar refractivity (Wildman–Crippen MR) is 67.5 cm³/mol. The van der Waals surface area contributed by atoms with Crippen molar-refractivity contribution in [2.75, 3.05) is 14.2 Å². The lowest BCUT2D eigenvalue weighted by atomic mass is 9.99. The van der Waals surface area contributed by atoms with E-state index in [9.17, 15) is 5.11 Å². The summed E-state index contributed by atoms with van der Waals surface area (Å²) in [5, 5.41) is 9.68. The highest BCUT2D eigenvalue weighted by Crippen LogP contribution is 2.31. The molecular formula is C13H21NO3. The summed E-state index contributed by atoms with van der Waals surface area (Å²) >= 11 is 0. The maximum absolute atomic E-state index is 9.68. The Morgan fingerprint density at radius 1 is 1.29 bits per heavy atom. The van der Waals surface area contributed by atoms with E-state index in [1.54, 1.807) is 14.2 Å². The highest BCUT2D eigenvalue weighted by atomic mass is 16.5. The molecule has 0 aliphatic rings. The van der Waals surface area contributed by atoms with Crippen molar-refractivity contribution in [3.8, 4) is 11.5 Å². The standard InChI is InChI=1S/C13H21NO3/c1-4-11(15)10(14)8-9-6-5-7-12(16-2)13(9)17-3/h5-7,10-11,15H,4,8,14H2,1-3H3. The summed E-state index contributed by atoms with van der Waals surface area (Å²) < 4.78 is 10.5. The van der Waals surface area contributed by atoms with E-state index in [-0.39, 0.29) is 6.04 Å². The van der Waals surface area contributed by atoms with Crippen LogP contribution in [-0.2, 0) is 6.42 Å². The maximum Gasteiger partial charge on any atom is 0.163 e. The Hall–Kier alpha value is -1.26. The zero-order valence-electron chi connectivity index (χ0n) is 10.6. The van der Waals surface area contributed by atoms with E-state index in [2.05, 4.69) is 0 Å². The summed E-state index contributed by atoms with van der Waals surface area (Å²) in [6, 6.07) is 5.37. The topological polar surface area (TPSA) is 64.7 Å². The van der Waals surface area contributed by atoms with E-state index in [1.807, 2.05) is 25.1 Å². The van der Waals surface area contributed by atoms with Gasteiger partial charge in [0.1, 0.15) is 0 Å². The Bertz CT molecular complexity index is 355. The van der Waals surface area contributed by atoms with Gasteiger partial charge in [0.2, 0.25) is 0 Å². The molecule has 0 saturated carbocycles. The molecule has 1 rings (SSSR count). The van der Waals surface area contributed by atoms with Gasteiger partial charge in [-0.2, -0.15) is 0 Å². The molecule has 0 aliphatic heterocycles. The molecule has 0 aromatic heterocycles. The third kappa shape index (κ3) is 3.35. The highest BCUT2D eigenvalue weighted by Gasteiger charge is 2.17. The van der Waals surface area contributed by atoms with Gasteiger partial charge in [0.05, 0.1) is 20.3 Å². The van der Waals surface area contributed by atoms with Crippen molar-refractivity contribution in [2.45, 2.75) is 31.9 Å². The van der Waals surface area contributed by atoms with Gasteiger partial charge in [-0.15, -0.1) is 0 Å². The van der Waals surface area contributed by atoms with Crippen LogP contribution in [0, 0.1) is 0 Å². The molecule has 4 heteroatoms. The van der Waals surface area contributed by atoms with Gasteiger partial charge in [0.25, 0.3) is 0 Å².